The fraction of sp³-hybridized carbons (Fsp3) is 1.00. The first-order chi connectivity index (χ1) is 8.84. The first-order valence-electron chi connectivity index (χ1n) is 7.04. The third kappa shape index (κ3) is 5.70. The molecule has 2 fully saturated rings. The summed E-state index contributed by atoms with van der Waals surface area (Å²) < 4.78 is 5.71. The van der Waals surface area contributed by atoms with Crippen LogP contribution in [0.3, 0.4) is 0 Å². The van der Waals surface area contributed by atoms with Gasteiger partial charge in [0, 0.05) is 35.6 Å². The molecule has 5 heteroatoms. The van der Waals surface area contributed by atoms with Gasteiger partial charge in [0.2, 0.25) is 0 Å². The number of aliphatic hydroxyl groups excluding tert-OH is 1. The molecular weight excluding hydrogens is 266 g/mol. The summed E-state index contributed by atoms with van der Waals surface area (Å²) in [6, 6.07) is 0. The van der Waals surface area contributed by atoms with Crippen molar-refractivity contribution >= 4 is 23.5 Å². The third-order valence-corrected chi connectivity index (χ3v) is 6.31. The van der Waals surface area contributed by atoms with Crippen molar-refractivity contribution in [3.8, 4) is 0 Å². The molecule has 2 N–H and O–H groups in total. The predicted octanol–water partition coefficient (Wildman–Crippen LogP) is 1.74. The number of thioether (sulfide) groups is 2. The van der Waals surface area contributed by atoms with Crippen LogP contribution in [0.2, 0.25) is 0 Å². The Hall–Kier alpha value is 0.580. The van der Waals surface area contributed by atoms with E-state index in [1.807, 2.05) is 11.8 Å². The second kappa shape index (κ2) is 8.69. The highest BCUT2D eigenvalue weighted by Crippen LogP contribution is 2.23. The standard InChI is InChI=1S/C13H25NO2S2/c15-11(9-16-12-3-1-2-4-12)7-14-8-13-10-17-5-6-18-13/h11-15H,1-10H2. The predicted molar refractivity (Wildman–Crippen MR) is 80.7 cm³/mol. The van der Waals surface area contributed by atoms with Gasteiger partial charge < -0.3 is 15.2 Å². The summed E-state index contributed by atoms with van der Waals surface area (Å²) >= 11 is 4.09. The second-order valence-electron chi connectivity index (χ2n) is 5.12. The number of hydrogen-bond donors (Lipinski definition) is 2. The Bertz CT molecular complexity index is 219. The molecule has 1 heterocycles. The fourth-order valence-electron chi connectivity index (χ4n) is 2.43. The minimum atomic E-state index is -0.355. The van der Waals surface area contributed by atoms with Gasteiger partial charge in [-0.15, -0.1) is 0 Å². The number of nitrogens with one attached hydrogen (secondary N) is 1. The van der Waals surface area contributed by atoms with Crippen LogP contribution in [-0.4, -0.2) is 59.5 Å². The lowest BCUT2D eigenvalue weighted by atomic mass is 10.3. The molecule has 1 saturated heterocycles. The van der Waals surface area contributed by atoms with Gasteiger partial charge in [-0.05, 0) is 12.8 Å². The molecule has 1 aliphatic carbocycles. The van der Waals surface area contributed by atoms with Crippen LogP contribution in [0.25, 0.3) is 0 Å². The Labute approximate surface area is 119 Å². The zero-order valence-electron chi connectivity index (χ0n) is 11.0. The van der Waals surface area contributed by atoms with Gasteiger partial charge in [0.1, 0.15) is 0 Å². The van der Waals surface area contributed by atoms with Crippen molar-refractivity contribution < 1.29 is 9.84 Å². The van der Waals surface area contributed by atoms with Crippen molar-refractivity contribution in [2.24, 2.45) is 0 Å². The second-order valence-corrected chi connectivity index (χ2v) is 7.68. The first kappa shape index (κ1) is 15.0. The maximum absolute atomic E-state index is 9.84. The highest BCUT2D eigenvalue weighted by atomic mass is 32.2. The monoisotopic (exact) mass is 291 g/mol. The lowest BCUT2D eigenvalue weighted by molar-refractivity contribution is -0.00529. The smallest absolute Gasteiger partial charge is 0.0897 e. The summed E-state index contributed by atoms with van der Waals surface area (Å²) in [5, 5.41) is 13.9. The van der Waals surface area contributed by atoms with Gasteiger partial charge in [-0.3, -0.25) is 0 Å². The van der Waals surface area contributed by atoms with E-state index in [4.69, 9.17) is 4.74 Å². The van der Waals surface area contributed by atoms with E-state index < -0.39 is 0 Å². The molecule has 3 nitrogen and oxygen atoms in total. The van der Waals surface area contributed by atoms with Crippen LogP contribution in [0.1, 0.15) is 25.7 Å². The van der Waals surface area contributed by atoms with Crippen LogP contribution in [0.15, 0.2) is 0 Å². The van der Waals surface area contributed by atoms with Crippen molar-refractivity contribution in [1.29, 1.82) is 0 Å². The highest BCUT2D eigenvalue weighted by molar-refractivity contribution is 8.06. The third-order valence-electron chi connectivity index (χ3n) is 3.46. The first-order valence-corrected chi connectivity index (χ1v) is 9.24. The summed E-state index contributed by atoms with van der Waals surface area (Å²) in [6.07, 6.45) is 4.98. The largest absolute Gasteiger partial charge is 0.389 e. The zero-order chi connectivity index (χ0) is 12.6. The van der Waals surface area contributed by atoms with E-state index in [0.29, 0.717) is 24.5 Å². The van der Waals surface area contributed by atoms with E-state index in [2.05, 4.69) is 17.1 Å². The van der Waals surface area contributed by atoms with Gasteiger partial charge in [-0.25, -0.2) is 0 Å². The van der Waals surface area contributed by atoms with Crippen molar-refractivity contribution in [3.63, 3.8) is 0 Å². The molecule has 2 unspecified atom stereocenters. The Kier molecular flexibility index (Phi) is 7.23. The average molecular weight is 291 g/mol. The molecule has 2 aliphatic rings. The summed E-state index contributed by atoms with van der Waals surface area (Å²) in [7, 11) is 0. The van der Waals surface area contributed by atoms with Gasteiger partial charge in [0.15, 0.2) is 0 Å². The lowest BCUT2D eigenvalue weighted by Gasteiger charge is -2.22. The van der Waals surface area contributed by atoms with Gasteiger partial charge >= 0.3 is 0 Å². The fourth-order valence-corrected chi connectivity index (χ4v) is 5.07. The summed E-state index contributed by atoms with van der Waals surface area (Å²) in [6.45, 7) is 2.16. The molecule has 0 amide bonds. The summed E-state index contributed by atoms with van der Waals surface area (Å²) in [4.78, 5) is 0. The van der Waals surface area contributed by atoms with Crippen LogP contribution >= 0.6 is 23.5 Å². The number of hydrogen-bond acceptors (Lipinski definition) is 5. The Morgan fingerprint density at radius 3 is 2.83 bits per heavy atom. The van der Waals surface area contributed by atoms with Crippen LogP contribution in [0.4, 0.5) is 0 Å². The molecule has 0 aromatic rings. The lowest BCUT2D eigenvalue weighted by Crippen LogP contribution is -2.36. The van der Waals surface area contributed by atoms with E-state index in [1.54, 1.807) is 0 Å². The Morgan fingerprint density at radius 1 is 1.28 bits per heavy atom. The summed E-state index contributed by atoms with van der Waals surface area (Å²) in [5.74, 6) is 3.80. The van der Waals surface area contributed by atoms with E-state index in [9.17, 15) is 5.11 Å². The van der Waals surface area contributed by atoms with Gasteiger partial charge in [0.05, 0.1) is 18.8 Å². The number of ether oxygens (including phenoxy) is 1. The van der Waals surface area contributed by atoms with E-state index in [-0.39, 0.29) is 6.10 Å². The zero-order valence-corrected chi connectivity index (χ0v) is 12.6. The molecular formula is C13H25NO2S2. The van der Waals surface area contributed by atoms with Crippen LogP contribution in [0.5, 0.6) is 0 Å². The highest BCUT2D eigenvalue weighted by Gasteiger charge is 2.17. The van der Waals surface area contributed by atoms with Gasteiger partial charge in [0.25, 0.3) is 0 Å². The van der Waals surface area contributed by atoms with E-state index >= 15 is 0 Å². The molecule has 2 atom stereocenters. The Balaban J connectivity index is 1.47. The van der Waals surface area contributed by atoms with Crippen LogP contribution < -0.4 is 5.32 Å². The molecule has 0 radical (unpaired) electrons. The molecule has 1 saturated carbocycles. The molecule has 1 aliphatic heterocycles. The average Bonchev–Trinajstić information content (AvgIpc) is 2.91. The molecule has 18 heavy (non-hydrogen) atoms. The molecule has 0 bridgehead atoms. The number of rotatable bonds is 7. The SMILES string of the molecule is OC(CNCC1CSCCS1)COC1CCCC1. The van der Waals surface area contributed by atoms with Crippen LogP contribution in [0, 0.1) is 0 Å². The molecule has 0 spiro atoms. The molecule has 106 valence electrons. The summed E-state index contributed by atoms with van der Waals surface area (Å²) in [5.41, 5.74) is 0. The van der Waals surface area contributed by atoms with Crippen molar-refractivity contribution in [1.82, 2.24) is 5.32 Å². The van der Waals surface area contributed by atoms with Gasteiger partial charge in [-0.1, -0.05) is 12.8 Å². The maximum atomic E-state index is 9.84. The van der Waals surface area contributed by atoms with Crippen molar-refractivity contribution in [2.45, 2.75) is 43.1 Å². The normalized spacial score (nSPS) is 27.5. The van der Waals surface area contributed by atoms with Crippen molar-refractivity contribution in [2.75, 3.05) is 37.0 Å². The van der Waals surface area contributed by atoms with E-state index in [1.165, 1.54) is 42.9 Å². The Morgan fingerprint density at radius 2 is 2.11 bits per heavy atom. The number of aliphatic hydroxyl groups is 1. The molecule has 2 rings (SSSR count). The molecule has 0 aromatic heterocycles. The minimum absolute atomic E-state index is 0.355. The maximum Gasteiger partial charge on any atom is 0.0897 e. The topological polar surface area (TPSA) is 41.5 Å². The quantitative estimate of drug-likeness (QED) is 0.748. The van der Waals surface area contributed by atoms with Crippen molar-refractivity contribution in [3.05, 3.63) is 0 Å². The van der Waals surface area contributed by atoms with Gasteiger partial charge in [-0.2, -0.15) is 23.5 Å². The molecule has 0 aromatic carbocycles. The van der Waals surface area contributed by atoms with Crippen LogP contribution in [-0.2, 0) is 4.74 Å². The van der Waals surface area contributed by atoms with E-state index in [0.717, 1.165) is 6.54 Å². The minimum Gasteiger partial charge on any atom is -0.389 e.